The summed E-state index contributed by atoms with van der Waals surface area (Å²) in [6.07, 6.45) is 19.5. The lowest BCUT2D eigenvalue weighted by atomic mass is 10.1. The normalized spacial score (nSPS) is 12.0. The molecule has 0 aromatic heterocycles. The van der Waals surface area contributed by atoms with Crippen LogP contribution in [0.15, 0.2) is 0 Å². The van der Waals surface area contributed by atoms with Crippen molar-refractivity contribution in [3.05, 3.63) is 0 Å². The van der Waals surface area contributed by atoms with Gasteiger partial charge in [0.1, 0.15) is 0 Å². The van der Waals surface area contributed by atoms with Crippen molar-refractivity contribution >= 4 is 0 Å². The van der Waals surface area contributed by atoms with E-state index in [1.54, 1.807) is 0 Å². The fraction of sp³-hybridized carbons (Fsp3) is 1.00. The van der Waals surface area contributed by atoms with E-state index in [9.17, 15) is 5.11 Å². The zero-order valence-corrected chi connectivity index (χ0v) is 20.0. The van der Waals surface area contributed by atoms with Gasteiger partial charge in [-0.25, -0.2) is 0 Å². The van der Waals surface area contributed by atoms with Gasteiger partial charge in [0.25, 0.3) is 0 Å². The quantitative estimate of drug-likeness (QED) is 0.129. The largest absolute Gasteiger partial charge is 0.410 e. The van der Waals surface area contributed by atoms with Crippen LogP contribution in [0.1, 0.15) is 136 Å². The molecule has 0 aliphatic heterocycles. The first-order valence-electron chi connectivity index (χ1n) is 12.8. The van der Waals surface area contributed by atoms with Gasteiger partial charge >= 0.3 is 6.16 Å². The van der Waals surface area contributed by atoms with Crippen LogP contribution in [0.25, 0.3) is 0 Å². The summed E-state index contributed by atoms with van der Waals surface area (Å²) in [7, 11) is 0. The van der Waals surface area contributed by atoms with Crippen molar-refractivity contribution in [2.75, 3.05) is 19.8 Å². The Labute approximate surface area is 182 Å². The average Bonchev–Trinajstić information content (AvgIpc) is 2.72. The highest BCUT2D eigenvalue weighted by Gasteiger charge is 2.30. The smallest absolute Gasteiger partial charge is 0.319 e. The molecule has 0 aliphatic rings. The van der Waals surface area contributed by atoms with E-state index in [0.29, 0.717) is 19.8 Å². The first kappa shape index (κ1) is 28.8. The van der Waals surface area contributed by atoms with Crippen LogP contribution in [-0.4, -0.2) is 31.1 Å². The molecule has 0 atom stereocenters. The summed E-state index contributed by atoms with van der Waals surface area (Å²) in [5.41, 5.74) is 0. The van der Waals surface area contributed by atoms with Gasteiger partial charge in [0, 0.05) is 0 Å². The molecular formula is C25H52O4. The molecule has 4 heteroatoms. The lowest BCUT2D eigenvalue weighted by molar-refractivity contribution is -0.485. The third-order valence-corrected chi connectivity index (χ3v) is 5.35. The second kappa shape index (κ2) is 22.5. The van der Waals surface area contributed by atoms with E-state index in [2.05, 4.69) is 20.8 Å². The highest BCUT2D eigenvalue weighted by atomic mass is 17.0. The van der Waals surface area contributed by atoms with E-state index < -0.39 is 6.16 Å². The Hall–Kier alpha value is -0.160. The van der Waals surface area contributed by atoms with Crippen LogP contribution in [0.2, 0.25) is 0 Å². The predicted molar refractivity (Wildman–Crippen MR) is 123 cm³/mol. The van der Waals surface area contributed by atoms with Gasteiger partial charge in [-0.1, -0.05) is 117 Å². The molecule has 4 nitrogen and oxygen atoms in total. The number of rotatable bonds is 24. The molecule has 0 radical (unpaired) electrons. The summed E-state index contributed by atoms with van der Waals surface area (Å²) in [6, 6.07) is 0. The zero-order valence-electron chi connectivity index (χ0n) is 20.0. The average molecular weight is 417 g/mol. The first-order chi connectivity index (χ1) is 14.2. The van der Waals surface area contributed by atoms with Crippen molar-refractivity contribution in [3.63, 3.8) is 0 Å². The SMILES string of the molecule is CCCCCCCCOC(O)(OCCCCCCCC)OCCCCCCCC. The van der Waals surface area contributed by atoms with Crippen molar-refractivity contribution in [2.24, 2.45) is 0 Å². The van der Waals surface area contributed by atoms with Gasteiger partial charge in [-0.15, -0.1) is 0 Å². The van der Waals surface area contributed by atoms with Crippen LogP contribution in [0.4, 0.5) is 0 Å². The predicted octanol–water partition coefficient (Wildman–Crippen LogP) is 7.72. The van der Waals surface area contributed by atoms with Gasteiger partial charge in [0.15, 0.2) is 0 Å². The fourth-order valence-corrected chi connectivity index (χ4v) is 3.38. The molecule has 0 saturated carbocycles. The Morgan fingerprint density at radius 2 is 0.655 bits per heavy atom. The molecule has 0 aliphatic carbocycles. The third-order valence-electron chi connectivity index (χ3n) is 5.35. The van der Waals surface area contributed by atoms with Crippen LogP contribution in [0, 0.1) is 0 Å². The molecule has 0 spiro atoms. The molecular weight excluding hydrogens is 364 g/mol. The minimum atomic E-state index is -1.86. The fourth-order valence-electron chi connectivity index (χ4n) is 3.38. The van der Waals surface area contributed by atoms with E-state index in [1.807, 2.05) is 0 Å². The van der Waals surface area contributed by atoms with E-state index in [4.69, 9.17) is 14.2 Å². The molecule has 176 valence electrons. The van der Waals surface area contributed by atoms with E-state index >= 15 is 0 Å². The van der Waals surface area contributed by atoms with Gasteiger partial charge in [-0.3, -0.25) is 0 Å². The summed E-state index contributed by atoms with van der Waals surface area (Å²) in [5.74, 6) is 0. The number of aliphatic hydroxyl groups is 1. The Morgan fingerprint density at radius 3 is 0.931 bits per heavy atom. The molecule has 0 bridgehead atoms. The number of hydrogen-bond acceptors (Lipinski definition) is 4. The van der Waals surface area contributed by atoms with Crippen molar-refractivity contribution < 1.29 is 19.3 Å². The monoisotopic (exact) mass is 416 g/mol. The van der Waals surface area contributed by atoms with Crippen LogP contribution in [0.3, 0.4) is 0 Å². The Morgan fingerprint density at radius 1 is 0.414 bits per heavy atom. The van der Waals surface area contributed by atoms with Gasteiger partial charge in [-0.05, 0) is 19.3 Å². The van der Waals surface area contributed by atoms with Crippen LogP contribution in [0.5, 0.6) is 0 Å². The number of hydrogen-bond donors (Lipinski definition) is 1. The minimum absolute atomic E-state index is 0.482. The van der Waals surface area contributed by atoms with Crippen LogP contribution in [-0.2, 0) is 14.2 Å². The second-order valence-electron chi connectivity index (χ2n) is 8.37. The van der Waals surface area contributed by atoms with Gasteiger partial charge in [0.05, 0.1) is 19.8 Å². The van der Waals surface area contributed by atoms with Gasteiger partial charge < -0.3 is 19.3 Å². The lowest BCUT2D eigenvalue weighted by Crippen LogP contribution is -2.40. The molecule has 0 aromatic carbocycles. The topological polar surface area (TPSA) is 47.9 Å². The summed E-state index contributed by atoms with van der Waals surface area (Å²) >= 11 is 0. The molecule has 0 saturated heterocycles. The Kier molecular flexibility index (Phi) is 22.4. The molecule has 1 N–H and O–H groups in total. The highest BCUT2D eigenvalue weighted by Crippen LogP contribution is 2.17. The van der Waals surface area contributed by atoms with Crippen molar-refractivity contribution in [3.8, 4) is 0 Å². The lowest BCUT2D eigenvalue weighted by Gasteiger charge is -2.27. The summed E-state index contributed by atoms with van der Waals surface area (Å²) < 4.78 is 16.9. The molecule has 29 heavy (non-hydrogen) atoms. The Bertz CT molecular complexity index is 264. The third kappa shape index (κ3) is 20.9. The van der Waals surface area contributed by atoms with Crippen LogP contribution >= 0.6 is 0 Å². The summed E-state index contributed by atoms with van der Waals surface area (Å²) in [6.45, 7) is 8.13. The van der Waals surface area contributed by atoms with Gasteiger partial charge in [0.2, 0.25) is 0 Å². The van der Waals surface area contributed by atoms with Crippen molar-refractivity contribution in [1.29, 1.82) is 0 Å². The molecule has 0 fully saturated rings. The van der Waals surface area contributed by atoms with E-state index in [0.717, 1.165) is 38.5 Å². The van der Waals surface area contributed by atoms with Crippen molar-refractivity contribution in [1.82, 2.24) is 0 Å². The first-order valence-corrected chi connectivity index (χ1v) is 12.8. The molecule has 0 aromatic rings. The summed E-state index contributed by atoms with van der Waals surface area (Å²) in [4.78, 5) is 0. The number of ether oxygens (including phenoxy) is 3. The van der Waals surface area contributed by atoms with Crippen molar-refractivity contribution in [2.45, 2.75) is 143 Å². The molecule has 0 rings (SSSR count). The molecule has 0 heterocycles. The number of unbranched alkanes of at least 4 members (excludes halogenated alkanes) is 15. The maximum absolute atomic E-state index is 10.7. The van der Waals surface area contributed by atoms with Crippen LogP contribution < -0.4 is 0 Å². The second-order valence-corrected chi connectivity index (χ2v) is 8.37. The maximum atomic E-state index is 10.7. The van der Waals surface area contributed by atoms with E-state index in [-0.39, 0.29) is 0 Å². The zero-order chi connectivity index (χ0) is 21.5. The van der Waals surface area contributed by atoms with Gasteiger partial charge in [-0.2, -0.15) is 0 Å². The minimum Gasteiger partial charge on any atom is -0.319 e. The highest BCUT2D eigenvalue weighted by molar-refractivity contribution is 4.49. The maximum Gasteiger partial charge on any atom is 0.410 e. The standard InChI is InChI=1S/C25H52O4/c1-4-7-10-13-16-19-22-27-25(26,28-23-20-17-14-11-8-5-2)29-24-21-18-15-12-9-6-3/h26H,4-24H2,1-3H3. The molecule has 0 amide bonds. The van der Waals surface area contributed by atoms with E-state index in [1.165, 1.54) is 77.0 Å². The molecule has 0 unspecified atom stereocenters. The summed E-state index contributed by atoms with van der Waals surface area (Å²) in [5, 5.41) is 10.7. The Balaban J connectivity index is 4.03.